The molecule has 0 heterocycles. The fourth-order valence-corrected chi connectivity index (χ4v) is 3.58. The largest absolute Gasteiger partial charge is 0.493 e. The van der Waals surface area contributed by atoms with Crippen molar-refractivity contribution in [3.8, 4) is 22.6 Å². The molecular weight excluding hydrogens is 428 g/mol. The zero-order valence-electron chi connectivity index (χ0n) is 20.3. The first-order valence-electron chi connectivity index (χ1n) is 11.7. The van der Waals surface area contributed by atoms with Gasteiger partial charge in [-0.15, -0.1) is 0 Å². The van der Waals surface area contributed by atoms with Gasteiger partial charge in [-0.1, -0.05) is 48.5 Å². The number of ether oxygens (including phenoxy) is 3. The highest BCUT2D eigenvalue weighted by Crippen LogP contribution is 2.28. The second kappa shape index (κ2) is 12.2. The van der Waals surface area contributed by atoms with Crippen LogP contribution in [0.1, 0.15) is 44.7 Å². The number of hydrogen-bond donors (Lipinski definition) is 1. The van der Waals surface area contributed by atoms with Crippen molar-refractivity contribution in [1.29, 1.82) is 0 Å². The van der Waals surface area contributed by atoms with E-state index in [2.05, 4.69) is 18.2 Å². The first-order valence-corrected chi connectivity index (χ1v) is 11.7. The Morgan fingerprint density at radius 3 is 2.24 bits per heavy atom. The summed E-state index contributed by atoms with van der Waals surface area (Å²) in [6.45, 7) is 6.70. The maximum atomic E-state index is 12.2. The molecule has 0 aliphatic heterocycles. The Kier molecular flexibility index (Phi) is 9.11. The molecule has 0 amide bonds. The molecule has 34 heavy (non-hydrogen) atoms. The summed E-state index contributed by atoms with van der Waals surface area (Å²) in [5.41, 5.74) is 3.59. The van der Waals surface area contributed by atoms with Crippen molar-refractivity contribution in [2.75, 3.05) is 13.2 Å². The zero-order chi connectivity index (χ0) is 24.4. The lowest BCUT2D eigenvalue weighted by Crippen LogP contribution is -2.24. The van der Waals surface area contributed by atoms with E-state index in [1.54, 1.807) is 0 Å². The predicted molar refractivity (Wildman–Crippen MR) is 134 cm³/mol. The third-order valence-electron chi connectivity index (χ3n) is 5.09. The molecule has 0 saturated carbocycles. The molecule has 0 radical (unpaired) electrons. The third-order valence-corrected chi connectivity index (χ3v) is 5.09. The standard InChI is InChI=1S/C29H34O5/c1-29(2,3)34-28(31)16-15-23-10-4-5-14-27(23)24-11-7-13-26(20-24)33-18-8-17-32-25-12-6-9-22(19-25)21-30/h4-7,9-14,19-20,30H,8,15-18,21H2,1-3H3. The molecule has 180 valence electrons. The van der Waals surface area contributed by atoms with E-state index in [9.17, 15) is 9.90 Å². The van der Waals surface area contributed by atoms with Crippen molar-refractivity contribution < 1.29 is 24.1 Å². The first-order chi connectivity index (χ1) is 16.3. The number of benzene rings is 3. The quantitative estimate of drug-likeness (QED) is 0.281. The summed E-state index contributed by atoms with van der Waals surface area (Å²) in [7, 11) is 0. The Morgan fingerprint density at radius 2 is 1.53 bits per heavy atom. The van der Waals surface area contributed by atoms with Gasteiger partial charge in [0.25, 0.3) is 0 Å². The van der Waals surface area contributed by atoms with E-state index in [1.807, 2.05) is 75.4 Å². The summed E-state index contributed by atoms with van der Waals surface area (Å²) >= 11 is 0. The lowest BCUT2D eigenvalue weighted by molar-refractivity contribution is -0.154. The second-order valence-electron chi connectivity index (χ2n) is 9.13. The molecule has 3 rings (SSSR count). The average molecular weight is 463 g/mol. The van der Waals surface area contributed by atoms with Gasteiger partial charge in [0.05, 0.1) is 19.8 Å². The van der Waals surface area contributed by atoms with Crippen LogP contribution >= 0.6 is 0 Å². The third kappa shape index (κ3) is 8.23. The summed E-state index contributed by atoms with van der Waals surface area (Å²) in [5.74, 6) is 1.35. The Morgan fingerprint density at radius 1 is 0.853 bits per heavy atom. The highest BCUT2D eigenvalue weighted by Gasteiger charge is 2.16. The fourth-order valence-electron chi connectivity index (χ4n) is 3.58. The summed E-state index contributed by atoms with van der Waals surface area (Å²) < 4.78 is 17.1. The van der Waals surface area contributed by atoms with Gasteiger partial charge >= 0.3 is 5.97 Å². The molecule has 0 spiro atoms. The minimum atomic E-state index is -0.475. The Hall–Kier alpha value is -3.31. The van der Waals surface area contributed by atoms with Crippen LogP contribution < -0.4 is 9.47 Å². The number of aliphatic hydroxyl groups is 1. The Bertz CT molecular complexity index is 1070. The normalized spacial score (nSPS) is 11.2. The van der Waals surface area contributed by atoms with Crippen LogP contribution in [0.25, 0.3) is 11.1 Å². The highest BCUT2D eigenvalue weighted by molar-refractivity contribution is 5.72. The van der Waals surface area contributed by atoms with Gasteiger partial charge in [-0.2, -0.15) is 0 Å². The van der Waals surface area contributed by atoms with Crippen LogP contribution in [0.3, 0.4) is 0 Å². The smallest absolute Gasteiger partial charge is 0.306 e. The van der Waals surface area contributed by atoms with E-state index in [0.717, 1.165) is 40.2 Å². The molecule has 5 heteroatoms. The van der Waals surface area contributed by atoms with Crippen molar-refractivity contribution in [3.05, 3.63) is 83.9 Å². The molecule has 5 nitrogen and oxygen atoms in total. The summed E-state index contributed by atoms with van der Waals surface area (Å²) in [5, 5.41) is 9.22. The average Bonchev–Trinajstić information content (AvgIpc) is 2.82. The highest BCUT2D eigenvalue weighted by atomic mass is 16.6. The Balaban J connectivity index is 1.54. The summed E-state index contributed by atoms with van der Waals surface area (Å²) in [6, 6.07) is 23.6. The van der Waals surface area contributed by atoms with Gasteiger partial charge in [-0.25, -0.2) is 0 Å². The maximum absolute atomic E-state index is 12.2. The van der Waals surface area contributed by atoms with E-state index >= 15 is 0 Å². The van der Waals surface area contributed by atoms with Crippen LogP contribution in [0.15, 0.2) is 72.8 Å². The Labute approximate surface area is 202 Å². The van der Waals surface area contributed by atoms with Crippen molar-refractivity contribution in [3.63, 3.8) is 0 Å². The number of aliphatic hydroxyl groups excluding tert-OH is 1. The predicted octanol–water partition coefficient (Wildman–Crippen LogP) is 5.97. The molecule has 0 aromatic heterocycles. The molecule has 0 unspecified atom stereocenters. The SMILES string of the molecule is CC(C)(C)OC(=O)CCc1ccccc1-c1cccc(OCCCOc2cccc(CO)c2)c1. The van der Waals surface area contributed by atoms with Gasteiger partial charge in [0.15, 0.2) is 0 Å². The van der Waals surface area contributed by atoms with Gasteiger partial charge in [0.1, 0.15) is 17.1 Å². The van der Waals surface area contributed by atoms with E-state index in [-0.39, 0.29) is 12.6 Å². The molecule has 0 saturated heterocycles. The topological polar surface area (TPSA) is 65.0 Å². The molecular formula is C29H34O5. The molecule has 0 atom stereocenters. The van der Waals surface area contributed by atoms with E-state index in [1.165, 1.54) is 0 Å². The van der Waals surface area contributed by atoms with Crippen LogP contribution in [0, 0.1) is 0 Å². The fraction of sp³-hybridized carbons (Fsp3) is 0.345. The van der Waals surface area contributed by atoms with Gasteiger partial charge in [-0.3, -0.25) is 4.79 Å². The molecule has 1 N–H and O–H groups in total. The number of carbonyl (C=O) groups is 1. The molecule has 3 aromatic carbocycles. The molecule has 0 fully saturated rings. The summed E-state index contributed by atoms with van der Waals surface area (Å²) in [6.07, 6.45) is 1.69. The number of carbonyl (C=O) groups excluding carboxylic acids is 1. The van der Waals surface area contributed by atoms with Crippen LogP contribution in [-0.2, 0) is 22.6 Å². The van der Waals surface area contributed by atoms with Gasteiger partial charge in [-0.05, 0) is 73.7 Å². The lowest BCUT2D eigenvalue weighted by Gasteiger charge is -2.19. The van der Waals surface area contributed by atoms with Gasteiger partial charge in [0.2, 0.25) is 0 Å². The van der Waals surface area contributed by atoms with Crippen LogP contribution in [0.2, 0.25) is 0 Å². The zero-order valence-corrected chi connectivity index (χ0v) is 20.3. The maximum Gasteiger partial charge on any atom is 0.306 e. The van der Waals surface area contributed by atoms with Crippen LogP contribution in [0.5, 0.6) is 11.5 Å². The molecule has 3 aromatic rings. The number of hydrogen-bond acceptors (Lipinski definition) is 5. The first kappa shape index (κ1) is 25.3. The minimum absolute atomic E-state index is 0.000777. The molecule has 0 aliphatic rings. The van der Waals surface area contributed by atoms with E-state index < -0.39 is 5.60 Å². The number of aryl methyl sites for hydroxylation is 1. The summed E-state index contributed by atoms with van der Waals surface area (Å²) in [4.78, 5) is 12.2. The monoisotopic (exact) mass is 462 g/mol. The van der Waals surface area contributed by atoms with Crippen molar-refractivity contribution >= 4 is 5.97 Å². The van der Waals surface area contributed by atoms with Gasteiger partial charge < -0.3 is 19.3 Å². The second-order valence-corrected chi connectivity index (χ2v) is 9.13. The van der Waals surface area contributed by atoms with E-state index in [4.69, 9.17) is 14.2 Å². The van der Waals surface area contributed by atoms with E-state index in [0.29, 0.717) is 26.1 Å². The van der Waals surface area contributed by atoms with Crippen molar-refractivity contribution in [1.82, 2.24) is 0 Å². The number of rotatable bonds is 11. The minimum Gasteiger partial charge on any atom is -0.493 e. The van der Waals surface area contributed by atoms with Crippen LogP contribution in [-0.4, -0.2) is 29.9 Å². The molecule has 0 bridgehead atoms. The van der Waals surface area contributed by atoms with Crippen molar-refractivity contribution in [2.24, 2.45) is 0 Å². The molecule has 0 aliphatic carbocycles. The lowest BCUT2D eigenvalue weighted by atomic mass is 9.96. The van der Waals surface area contributed by atoms with Crippen LogP contribution in [0.4, 0.5) is 0 Å². The number of esters is 1. The van der Waals surface area contributed by atoms with Gasteiger partial charge in [0, 0.05) is 12.8 Å². The van der Waals surface area contributed by atoms with Crippen molar-refractivity contribution in [2.45, 2.75) is 52.2 Å².